The first kappa shape index (κ1) is 20.2. The highest BCUT2D eigenvalue weighted by atomic mass is 35.6. The number of nitro benzene ring substituents is 1. The third-order valence-corrected chi connectivity index (χ3v) is 5.88. The van der Waals surface area contributed by atoms with Crippen LogP contribution >= 0.6 is 57.7 Å². The Labute approximate surface area is 177 Å². The molecule has 10 heteroatoms. The number of alkyl halides is 3. The van der Waals surface area contributed by atoms with Crippen molar-refractivity contribution >= 4 is 79.5 Å². The molecule has 0 saturated carbocycles. The van der Waals surface area contributed by atoms with Gasteiger partial charge in [0.2, 0.25) is 3.79 Å². The molecule has 5 nitrogen and oxygen atoms in total. The molecule has 0 fully saturated rings. The smallest absolute Gasteiger partial charge is 0.350 e. The second kappa shape index (κ2) is 7.81. The molecule has 0 amide bonds. The Balaban J connectivity index is 1.97. The number of carbonyl (C=O) groups excluding carboxylic acids is 1. The fourth-order valence-electron chi connectivity index (χ4n) is 2.43. The van der Waals surface area contributed by atoms with E-state index in [1.165, 1.54) is 24.3 Å². The lowest BCUT2D eigenvalue weighted by Crippen LogP contribution is -2.23. The monoisotopic (exact) mass is 463 g/mol. The summed E-state index contributed by atoms with van der Waals surface area (Å²) in [5.74, 6) is -0.788. The fraction of sp³-hybridized carbons (Fsp3) is 0.118. The number of nitrogens with zero attached hydrogens (tertiary/aromatic N) is 1. The molecule has 0 aliphatic heterocycles. The van der Waals surface area contributed by atoms with Crippen molar-refractivity contribution in [1.29, 1.82) is 0 Å². The number of carbonyl (C=O) groups is 1. The predicted molar refractivity (Wildman–Crippen MR) is 108 cm³/mol. The van der Waals surface area contributed by atoms with E-state index in [-0.39, 0.29) is 21.2 Å². The van der Waals surface area contributed by atoms with Crippen LogP contribution in [0.3, 0.4) is 0 Å². The molecule has 3 aromatic rings. The van der Waals surface area contributed by atoms with Crippen molar-refractivity contribution in [3.63, 3.8) is 0 Å². The Morgan fingerprint density at radius 1 is 1.15 bits per heavy atom. The quantitative estimate of drug-likeness (QED) is 0.186. The predicted octanol–water partition coefficient (Wildman–Crippen LogP) is 6.73. The first-order valence-electron chi connectivity index (χ1n) is 7.37. The maximum Gasteiger partial charge on any atom is 0.350 e. The van der Waals surface area contributed by atoms with Gasteiger partial charge in [0.25, 0.3) is 5.69 Å². The normalized spacial score (nSPS) is 12.7. The van der Waals surface area contributed by atoms with Crippen LogP contribution in [0.2, 0.25) is 5.02 Å². The topological polar surface area (TPSA) is 69.4 Å². The molecule has 27 heavy (non-hydrogen) atoms. The fourth-order valence-corrected chi connectivity index (χ4v) is 4.33. The van der Waals surface area contributed by atoms with Crippen molar-refractivity contribution in [2.45, 2.75) is 9.90 Å². The van der Waals surface area contributed by atoms with Crippen molar-refractivity contribution in [2.24, 2.45) is 0 Å². The van der Waals surface area contributed by atoms with E-state index in [2.05, 4.69) is 0 Å². The highest BCUT2D eigenvalue weighted by molar-refractivity contribution is 7.21. The number of thiophene rings is 1. The van der Waals surface area contributed by atoms with E-state index >= 15 is 0 Å². The van der Waals surface area contributed by atoms with Gasteiger partial charge in [-0.25, -0.2) is 4.79 Å². The van der Waals surface area contributed by atoms with Crippen LogP contribution in [0.15, 0.2) is 48.5 Å². The lowest BCUT2D eigenvalue weighted by atomic mass is 10.1. The number of halogens is 4. The van der Waals surface area contributed by atoms with Gasteiger partial charge in [-0.3, -0.25) is 10.1 Å². The lowest BCUT2D eigenvalue weighted by molar-refractivity contribution is -0.385. The summed E-state index contributed by atoms with van der Waals surface area (Å²) in [4.78, 5) is 23.2. The summed E-state index contributed by atoms with van der Waals surface area (Å²) in [6.45, 7) is 0. The summed E-state index contributed by atoms with van der Waals surface area (Å²) in [5.41, 5.74) is -0.0440. The Kier molecular flexibility index (Phi) is 5.84. The molecule has 1 aromatic heterocycles. The van der Waals surface area contributed by atoms with Gasteiger partial charge >= 0.3 is 5.97 Å². The van der Waals surface area contributed by atoms with Gasteiger partial charge in [-0.2, -0.15) is 0 Å². The minimum Gasteiger partial charge on any atom is -0.449 e. The van der Waals surface area contributed by atoms with Gasteiger partial charge < -0.3 is 4.74 Å². The minimum absolute atomic E-state index is 0.155. The Bertz CT molecular complexity index is 1030. The van der Waals surface area contributed by atoms with Crippen LogP contribution in [-0.4, -0.2) is 14.7 Å². The van der Waals surface area contributed by atoms with Crippen molar-refractivity contribution in [3.8, 4) is 0 Å². The van der Waals surface area contributed by atoms with Crippen LogP contribution in [0.25, 0.3) is 10.1 Å². The first-order valence-corrected chi connectivity index (χ1v) is 9.70. The molecule has 1 atom stereocenters. The highest BCUT2D eigenvalue weighted by Crippen LogP contribution is 2.44. The second-order valence-corrected chi connectivity index (χ2v) is 9.22. The number of benzene rings is 2. The van der Waals surface area contributed by atoms with E-state index in [1.807, 2.05) is 12.1 Å². The molecule has 3 rings (SSSR count). The molecule has 0 bridgehead atoms. The van der Waals surface area contributed by atoms with Crippen LogP contribution in [0.1, 0.15) is 21.3 Å². The number of non-ortho nitro benzene ring substituents is 1. The van der Waals surface area contributed by atoms with Gasteiger partial charge in [0.15, 0.2) is 6.10 Å². The molecule has 140 valence electrons. The molecule has 1 heterocycles. The van der Waals surface area contributed by atoms with E-state index < -0.39 is 20.8 Å². The van der Waals surface area contributed by atoms with Crippen LogP contribution in [0.5, 0.6) is 0 Å². The molecule has 0 unspecified atom stereocenters. The lowest BCUT2D eigenvalue weighted by Gasteiger charge is -2.24. The Morgan fingerprint density at radius 3 is 2.48 bits per heavy atom. The summed E-state index contributed by atoms with van der Waals surface area (Å²) < 4.78 is 4.15. The highest BCUT2D eigenvalue weighted by Gasteiger charge is 2.39. The van der Waals surface area contributed by atoms with Crippen molar-refractivity contribution in [2.75, 3.05) is 0 Å². The molecule has 0 radical (unpaired) electrons. The molecule has 0 N–H and O–H groups in total. The van der Waals surface area contributed by atoms with E-state index in [9.17, 15) is 14.9 Å². The van der Waals surface area contributed by atoms with E-state index in [0.29, 0.717) is 5.39 Å². The Morgan fingerprint density at radius 2 is 1.85 bits per heavy atom. The Hall–Kier alpha value is -1.57. The van der Waals surface area contributed by atoms with E-state index in [1.54, 1.807) is 12.1 Å². The summed E-state index contributed by atoms with van der Waals surface area (Å²) >= 11 is 25.3. The zero-order chi connectivity index (χ0) is 19.8. The summed E-state index contributed by atoms with van der Waals surface area (Å²) in [7, 11) is 0. The van der Waals surface area contributed by atoms with Crippen molar-refractivity contribution in [1.82, 2.24) is 0 Å². The van der Waals surface area contributed by atoms with Crippen molar-refractivity contribution < 1.29 is 14.5 Å². The van der Waals surface area contributed by atoms with Crippen LogP contribution in [0.4, 0.5) is 5.69 Å². The third-order valence-electron chi connectivity index (χ3n) is 3.63. The number of hydrogen-bond acceptors (Lipinski definition) is 5. The molecule has 0 aliphatic rings. The number of ether oxygens (including phenoxy) is 1. The third kappa shape index (κ3) is 4.31. The van der Waals surface area contributed by atoms with Gasteiger partial charge in [0, 0.05) is 27.8 Å². The number of fused-ring (bicyclic) bond motifs is 1. The van der Waals surface area contributed by atoms with E-state index in [4.69, 9.17) is 51.1 Å². The number of hydrogen-bond donors (Lipinski definition) is 0. The van der Waals surface area contributed by atoms with Gasteiger partial charge in [0.05, 0.1) is 9.95 Å². The summed E-state index contributed by atoms with van der Waals surface area (Å²) in [6.07, 6.45) is -1.36. The SMILES string of the molecule is O=C(O[C@@H](c1cccc([N+](=O)[O-])c1)C(Cl)(Cl)Cl)c1sc2ccccc2c1Cl. The molecular formula is C17H9Cl4NO4S. The molecule has 0 spiro atoms. The standard InChI is InChI=1S/C17H9Cl4NO4S/c18-13-11-6-1-2-7-12(11)27-14(13)16(23)26-15(17(19,20)21)9-4-3-5-10(8-9)22(24)25/h1-8,15H/t15-/m0/s1. The number of nitro groups is 1. The molecular weight excluding hydrogens is 456 g/mol. The summed E-state index contributed by atoms with van der Waals surface area (Å²) in [6, 6.07) is 12.6. The van der Waals surface area contributed by atoms with Gasteiger partial charge in [0.1, 0.15) is 4.88 Å². The van der Waals surface area contributed by atoms with E-state index in [0.717, 1.165) is 16.0 Å². The zero-order valence-corrected chi connectivity index (χ0v) is 17.0. The molecule has 0 saturated heterocycles. The van der Waals surface area contributed by atoms with Crippen LogP contribution in [0, 0.1) is 10.1 Å². The number of esters is 1. The number of rotatable bonds is 4. The van der Waals surface area contributed by atoms with Crippen LogP contribution in [-0.2, 0) is 4.74 Å². The van der Waals surface area contributed by atoms with Crippen LogP contribution < -0.4 is 0 Å². The maximum atomic E-state index is 12.7. The molecule has 0 aliphatic carbocycles. The molecule has 2 aromatic carbocycles. The van der Waals surface area contributed by atoms with Gasteiger partial charge in [-0.05, 0) is 6.07 Å². The minimum atomic E-state index is -2.05. The largest absolute Gasteiger partial charge is 0.449 e. The average Bonchev–Trinajstić information content (AvgIpc) is 2.96. The summed E-state index contributed by atoms with van der Waals surface area (Å²) in [5, 5.41) is 11.9. The average molecular weight is 465 g/mol. The van der Waals surface area contributed by atoms with Gasteiger partial charge in [-0.1, -0.05) is 76.7 Å². The second-order valence-electron chi connectivity index (χ2n) is 5.42. The zero-order valence-electron chi connectivity index (χ0n) is 13.2. The first-order chi connectivity index (χ1) is 12.7. The van der Waals surface area contributed by atoms with Crippen molar-refractivity contribution in [3.05, 3.63) is 74.1 Å². The van der Waals surface area contributed by atoms with Gasteiger partial charge in [-0.15, -0.1) is 11.3 Å². The maximum absolute atomic E-state index is 12.7.